The molecule has 0 amide bonds. The number of ether oxygens (including phenoxy) is 2. The molecule has 0 aromatic carbocycles. The van der Waals surface area contributed by atoms with E-state index in [-0.39, 0.29) is 5.60 Å². The highest BCUT2D eigenvalue weighted by molar-refractivity contribution is 5.02. The summed E-state index contributed by atoms with van der Waals surface area (Å²) in [7, 11) is 0. The van der Waals surface area contributed by atoms with Gasteiger partial charge in [0.15, 0.2) is 0 Å². The van der Waals surface area contributed by atoms with Gasteiger partial charge in [-0.3, -0.25) is 0 Å². The summed E-state index contributed by atoms with van der Waals surface area (Å²) < 4.78 is 16.4. The molecule has 1 atom stereocenters. The second kappa shape index (κ2) is 5.03. The van der Waals surface area contributed by atoms with Crippen molar-refractivity contribution in [1.29, 1.82) is 0 Å². The van der Waals surface area contributed by atoms with Crippen LogP contribution in [0, 0.1) is 0 Å². The maximum absolute atomic E-state index is 5.61. The lowest BCUT2D eigenvalue weighted by Gasteiger charge is -2.26. The Kier molecular flexibility index (Phi) is 3.47. The molecule has 1 aromatic heterocycles. The van der Waals surface area contributed by atoms with E-state index in [2.05, 4.69) is 6.58 Å². The number of furan rings is 1. The fourth-order valence-corrected chi connectivity index (χ4v) is 1.78. The number of hydrogen-bond donors (Lipinski definition) is 0. The average Bonchev–Trinajstić information content (AvgIpc) is 2.90. The maximum atomic E-state index is 5.61. The molecule has 0 N–H and O–H groups in total. The summed E-state index contributed by atoms with van der Waals surface area (Å²) in [6.45, 7) is 4.78. The van der Waals surface area contributed by atoms with Crippen LogP contribution in [0.25, 0.3) is 0 Å². The molecule has 16 heavy (non-hydrogen) atoms. The fourth-order valence-electron chi connectivity index (χ4n) is 1.78. The zero-order valence-electron chi connectivity index (χ0n) is 9.22. The summed E-state index contributed by atoms with van der Waals surface area (Å²) >= 11 is 0. The Balaban J connectivity index is 1.80. The first kappa shape index (κ1) is 11.0. The molecule has 1 aromatic rings. The lowest BCUT2D eigenvalue weighted by Crippen LogP contribution is -2.33. The number of hydrogen-bond acceptors (Lipinski definition) is 3. The van der Waals surface area contributed by atoms with Gasteiger partial charge in [0.05, 0.1) is 19.1 Å². The van der Waals surface area contributed by atoms with Crippen molar-refractivity contribution in [3.05, 3.63) is 49.1 Å². The van der Waals surface area contributed by atoms with E-state index in [9.17, 15) is 0 Å². The van der Waals surface area contributed by atoms with E-state index in [1.165, 1.54) is 0 Å². The molecule has 0 radical (unpaired) electrons. The zero-order chi connectivity index (χ0) is 11.3. The monoisotopic (exact) mass is 220 g/mol. The molecular weight excluding hydrogens is 204 g/mol. The van der Waals surface area contributed by atoms with Crippen LogP contribution in [0.15, 0.2) is 47.8 Å². The molecule has 2 heterocycles. The summed E-state index contributed by atoms with van der Waals surface area (Å²) in [5.74, 6) is 0.833. The van der Waals surface area contributed by atoms with Crippen molar-refractivity contribution >= 4 is 0 Å². The van der Waals surface area contributed by atoms with Crippen LogP contribution in [0.5, 0.6) is 0 Å². The van der Waals surface area contributed by atoms with Crippen LogP contribution in [0.3, 0.4) is 0 Å². The highest BCUT2D eigenvalue weighted by Gasteiger charge is 2.32. The van der Waals surface area contributed by atoms with Gasteiger partial charge in [-0.15, -0.1) is 6.58 Å². The molecule has 0 saturated heterocycles. The fraction of sp³-hybridized carbons (Fsp3) is 0.385. The smallest absolute Gasteiger partial charge is 0.138 e. The van der Waals surface area contributed by atoms with E-state index in [0.717, 1.165) is 18.6 Å². The molecule has 0 saturated carbocycles. The topological polar surface area (TPSA) is 31.6 Å². The predicted molar refractivity (Wildman–Crippen MR) is 60.8 cm³/mol. The van der Waals surface area contributed by atoms with Gasteiger partial charge < -0.3 is 13.9 Å². The van der Waals surface area contributed by atoms with Crippen molar-refractivity contribution < 1.29 is 13.9 Å². The van der Waals surface area contributed by atoms with Gasteiger partial charge >= 0.3 is 0 Å². The van der Waals surface area contributed by atoms with Gasteiger partial charge in [-0.05, 0) is 18.2 Å². The van der Waals surface area contributed by atoms with Crippen LogP contribution in [-0.4, -0.2) is 12.2 Å². The van der Waals surface area contributed by atoms with Gasteiger partial charge in [0, 0.05) is 12.8 Å². The predicted octanol–water partition coefficient (Wildman–Crippen LogP) is 3.05. The van der Waals surface area contributed by atoms with Crippen molar-refractivity contribution in [2.24, 2.45) is 0 Å². The van der Waals surface area contributed by atoms with Crippen LogP contribution in [0.1, 0.15) is 18.6 Å². The third-order valence-corrected chi connectivity index (χ3v) is 2.61. The first-order valence-electron chi connectivity index (χ1n) is 5.38. The largest absolute Gasteiger partial charge is 0.492 e. The summed E-state index contributed by atoms with van der Waals surface area (Å²) in [6.07, 6.45) is 8.92. The van der Waals surface area contributed by atoms with E-state index in [1.54, 1.807) is 12.5 Å². The molecule has 1 aliphatic rings. The Morgan fingerprint density at radius 2 is 2.50 bits per heavy atom. The standard InChI is InChI=1S/C13H16O3/c1-2-6-13(7-4-9-16-13)11-14-10-12-5-3-8-15-12/h2-5,8-9H,1,6-7,10-11H2. The third-order valence-electron chi connectivity index (χ3n) is 2.61. The van der Waals surface area contributed by atoms with E-state index in [1.807, 2.05) is 24.3 Å². The Bertz CT molecular complexity index is 343. The molecule has 0 bridgehead atoms. The third kappa shape index (κ3) is 2.55. The molecule has 1 aliphatic heterocycles. The van der Waals surface area contributed by atoms with E-state index in [4.69, 9.17) is 13.9 Å². The summed E-state index contributed by atoms with van der Waals surface area (Å²) in [5.41, 5.74) is -0.256. The molecule has 3 nitrogen and oxygen atoms in total. The van der Waals surface area contributed by atoms with Gasteiger partial charge in [0.2, 0.25) is 0 Å². The maximum Gasteiger partial charge on any atom is 0.138 e. The molecular formula is C13H16O3. The van der Waals surface area contributed by atoms with E-state index < -0.39 is 0 Å². The molecule has 3 heteroatoms. The molecule has 0 aliphatic carbocycles. The van der Waals surface area contributed by atoms with Crippen LogP contribution >= 0.6 is 0 Å². The van der Waals surface area contributed by atoms with Gasteiger partial charge in [0.25, 0.3) is 0 Å². The van der Waals surface area contributed by atoms with Crippen molar-refractivity contribution in [1.82, 2.24) is 0 Å². The first-order valence-corrected chi connectivity index (χ1v) is 5.38. The normalized spacial score (nSPS) is 23.2. The Hall–Kier alpha value is -1.48. The van der Waals surface area contributed by atoms with Gasteiger partial charge in [-0.2, -0.15) is 0 Å². The van der Waals surface area contributed by atoms with Crippen molar-refractivity contribution in [2.75, 3.05) is 6.61 Å². The first-order chi connectivity index (χ1) is 7.85. The van der Waals surface area contributed by atoms with Gasteiger partial charge in [-0.25, -0.2) is 0 Å². The summed E-state index contributed by atoms with van der Waals surface area (Å²) in [6, 6.07) is 3.75. The molecule has 86 valence electrons. The molecule has 0 spiro atoms. The number of rotatable bonds is 6. The highest BCUT2D eigenvalue weighted by atomic mass is 16.5. The second-order valence-electron chi connectivity index (χ2n) is 3.94. The Labute approximate surface area is 95.4 Å². The minimum atomic E-state index is -0.256. The van der Waals surface area contributed by atoms with E-state index in [0.29, 0.717) is 13.2 Å². The second-order valence-corrected chi connectivity index (χ2v) is 3.94. The SMILES string of the molecule is C=CCC1(COCc2ccco2)CC=CO1. The minimum Gasteiger partial charge on any atom is -0.492 e. The van der Waals surface area contributed by atoms with Gasteiger partial charge in [-0.1, -0.05) is 6.08 Å². The lowest BCUT2D eigenvalue weighted by molar-refractivity contribution is -0.0475. The van der Waals surface area contributed by atoms with Crippen molar-refractivity contribution in [3.63, 3.8) is 0 Å². The molecule has 2 rings (SSSR count). The van der Waals surface area contributed by atoms with E-state index >= 15 is 0 Å². The Morgan fingerprint density at radius 1 is 1.56 bits per heavy atom. The van der Waals surface area contributed by atoms with Crippen LogP contribution in [-0.2, 0) is 16.1 Å². The highest BCUT2D eigenvalue weighted by Crippen LogP contribution is 2.28. The lowest BCUT2D eigenvalue weighted by atomic mass is 9.98. The van der Waals surface area contributed by atoms with Crippen LogP contribution in [0.2, 0.25) is 0 Å². The summed E-state index contributed by atoms with van der Waals surface area (Å²) in [4.78, 5) is 0. The Morgan fingerprint density at radius 3 is 3.12 bits per heavy atom. The van der Waals surface area contributed by atoms with Crippen LogP contribution in [0.4, 0.5) is 0 Å². The molecule has 1 unspecified atom stereocenters. The van der Waals surface area contributed by atoms with Crippen molar-refractivity contribution in [3.8, 4) is 0 Å². The quantitative estimate of drug-likeness (QED) is 0.690. The van der Waals surface area contributed by atoms with Crippen LogP contribution < -0.4 is 0 Å². The minimum absolute atomic E-state index is 0.256. The van der Waals surface area contributed by atoms with Crippen molar-refractivity contribution in [2.45, 2.75) is 25.0 Å². The molecule has 0 fully saturated rings. The average molecular weight is 220 g/mol. The van der Waals surface area contributed by atoms with Gasteiger partial charge in [0.1, 0.15) is 18.0 Å². The zero-order valence-corrected chi connectivity index (χ0v) is 9.22. The summed E-state index contributed by atoms with van der Waals surface area (Å²) in [5, 5.41) is 0.